The average Bonchev–Trinajstić information content (AvgIpc) is 3.65. The van der Waals surface area contributed by atoms with E-state index >= 15 is 0 Å². The molecule has 0 radical (unpaired) electrons. The summed E-state index contributed by atoms with van der Waals surface area (Å²) in [6.45, 7) is 4.18. The molecule has 5 rings (SSSR count). The predicted molar refractivity (Wildman–Crippen MR) is 134 cm³/mol. The quantitative estimate of drug-likeness (QED) is 0.374. The van der Waals surface area contributed by atoms with Gasteiger partial charge in [-0.2, -0.15) is 0 Å². The number of likely N-dealkylation sites (tertiary alicyclic amines) is 1. The largest absolute Gasteiger partial charge is 0.497 e. The molecular formula is C26H34N4O4S. The first-order valence-electron chi connectivity index (χ1n) is 12.4. The topological polar surface area (TPSA) is 74.8 Å². The van der Waals surface area contributed by atoms with Crippen molar-refractivity contribution in [3.8, 4) is 11.4 Å². The number of methoxy groups -OCH3 is 2. The van der Waals surface area contributed by atoms with Crippen LogP contribution in [-0.4, -0.2) is 65.4 Å². The van der Waals surface area contributed by atoms with E-state index < -0.39 is 0 Å². The van der Waals surface area contributed by atoms with E-state index in [9.17, 15) is 0 Å². The molecule has 0 amide bonds. The molecule has 0 aliphatic carbocycles. The molecule has 2 aliphatic heterocycles. The minimum Gasteiger partial charge on any atom is -0.497 e. The van der Waals surface area contributed by atoms with Crippen molar-refractivity contribution in [3.63, 3.8) is 0 Å². The fraction of sp³-hybridized carbons (Fsp3) is 0.538. The third kappa shape index (κ3) is 5.91. The van der Waals surface area contributed by atoms with Crippen molar-refractivity contribution >= 4 is 11.8 Å². The Balaban J connectivity index is 1.30. The summed E-state index contributed by atoms with van der Waals surface area (Å²) in [5.74, 6) is 4.98. The molecule has 1 aromatic carbocycles. The summed E-state index contributed by atoms with van der Waals surface area (Å²) >= 11 is 1.74. The third-order valence-corrected chi connectivity index (χ3v) is 7.79. The second-order valence-electron chi connectivity index (χ2n) is 9.18. The monoisotopic (exact) mass is 498 g/mol. The average molecular weight is 499 g/mol. The highest BCUT2D eigenvalue weighted by atomic mass is 32.2. The molecule has 2 aromatic heterocycles. The summed E-state index contributed by atoms with van der Waals surface area (Å²) in [6, 6.07) is 12.2. The first-order chi connectivity index (χ1) is 17.2. The second-order valence-corrected chi connectivity index (χ2v) is 10.2. The molecule has 9 heteroatoms. The standard InChI is InChI=1S/C26H34N4O4S/c1-31-17-23-9-8-22(34-23)16-29-12-10-19(11-13-29)25-27-28-26(35-18-24-7-4-14-33-24)30(25)20-5-3-6-21(15-20)32-2/h3,5-6,8-9,15,19,24H,4,7,10-14,16-18H2,1-2H3/t24-/m0/s1. The number of thioether (sulfide) groups is 1. The van der Waals surface area contributed by atoms with E-state index in [1.165, 1.54) is 0 Å². The van der Waals surface area contributed by atoms with Crippen molar-refractivity contribution in [1.29, 1.82) is 0 Å². The van der Waals surface area contributed by atoms with Crippen LogP contribution in [0.2, 0.25) is 0 Å². The molecule has 2 saturated heterocycles. The van der Waals surface area contributed by atoms with E-state index in [1.807, 2.05) is 18.2 Å². The molecule has 3 aromatic rings. The van der Waals surface area contributed by atoms with Gasteiger partial charge in [0.05, 0.1) is 25.4 Å². The van der Waals surface area contributed by atoms with Crippen LogP contribution in [0.5, 0.6) is 5.75 Å². The Hall–Kier alpha value is -2.33. The Morgan fingerprint density at radius 1 is 1.06 bits per heavy atom. The summed E-state index contributed by atoms with van der Waals surface area (Å²) in [5.41, 5.74) is 1.04. The third-order valence-electron chi connectivity index (χ3n) is 6.73. The van der Waals surface area contributed by atoms with Crippen LogP contribution in [0.1, 0.15) is 48.9 Å². The van der Waals surface area contributed by atoms with Gasteiger partial charge >= 0.3 is 0 Å². The maximum absolute atomic E-state index is 5.89. The molecule has 0 saturated carbocycles. The minimum atomic E-state index is 0.299. The van der Waals surface area contributed by atoms with Crippen molar-refractivity contribution in [2.45, 2.75) is 56.0 Å². The number of nitrogens with zero attached hydrogens (tertiary/aromatic N) is 4. The summed E-state index contributed by atoms with van der Waals surface area (Å²) in [4.78, 5) is 2.45. The zero-order valence-electron chi connectivity index (χ0n) is 20.5. The van der Waals surface area contributed by atoms with E-state index in [-0.39, 0.29) is 0 Å². The Kier molecular flexibility index (Phi) is 8.08. The van der Waals surface area contributed by atoms with Crippen molar-refractivity contribution in [2.24, 2.45) is 0 Å². The number of aromatic nitrogens is 3. The fourth-order valence-electron chi connectivity index (χ4n) is 4.87. The summed E-state index contributed by atoms with van der Waals surface area (Å²) in [6.07, 6.45) is 4.62. The number of piperidine rings is 1. The van der Waals surface area contributed by atoms with Crippen LogP contribution >= 0.6 is 11.8 Å². The molecule has 2 fully saturated rings. The van der Waals surface area contributed by atoms with Gasteiger partial charge in [0.2, 0.25) is 0 Å². The molecule has 0 bridgehead atoms. The Labute approximate surface area is 210 Å². The molecule has 1 atom stereocenters. The molecule has 8 nitrogen and oxygen atoms in total. The van der Waals surface area contributed by atoms with Gasteiger partial charge in [0, 0.05) is 31.5 Å². The van der Waals surface area contributed by atoms with Gasteiger partial charge in [-0.3, -0.25) is 9.47 Å². The highest BCUT2D eigenvalue weighted by Gasteiger charge is 2.28. The van der Waals surface area contributed by atoms with Gasteiger partial charge in [-0.25, -0.2) is 0 Å². The smallest absolute Gasteiger partial charge is 0.195 e. The Morgan fingerprint density at radius 2 is 1.91 bits per heavy atom. The maximum Gasteiger partial charge on any atom is 0.195 e. The lowest BCUT2D eigenvalue weighted by Crippen LogP contribution is -2.33. The number of hydrogen-bond acceptors (Lipinski definition) is 8. The fourth-order valence-corrected chi connectivity index (χ4v) is 5.90. The van der Waals surface area contributed by atoms with E-state index in [1.54, 1.807) is 26.0 Å². The number of rotatable bonds is 10. The molecule has 0 unspecified atom stereocenters. The molecular weight excluding hydrogens is 464 g/mol. The van der Waals surface area contributed by atoms with E-state index in [4.69, 9.17) is 23.7 Å². The summed E-state index contributed by atoms with van der Waals surface area (Å²) in [5, 5.41) is 10.3. The van der Waals surface area contributed by atoms with Crippen LogP contribution in [0.15, 0.2) is 46.0 Å². The van der Waals surface area contributed by atoms with Crippen LogP contribution in [0, 0.1) is 0 Å². The van der Waals surface area contributed by atoms with Crippen LogP contribution in [0.25, 0.3) is 5.69 Å². The van der Waals surface area contributed by atoms with Crippen LogP contribution in [0.4, 0.5) is 0 Å². The number of furan rings is 1. The van der Waals surface area contributed by atoms with E-state index in [2.05, 4.69) is 32.8 Å². The van der Waals surface area contributed by atoms with Crippen molar-refractivity contribution in [1.82, 2.24) is 19.7 Å². The van der Waals surface area contributed by atoms with Gasteiger partial charge in [-0.1, -0.05) is 17.8 Å². The van der Waals surface area contributed by atoms with Crippen molar-refractivity contribution in [3.05, 3.63) is 53.7 Å². The molecule has 35 heavy (non-hydrogen) atoms. The first kappa shape index (κ1) is 24.4. The lowest BCUT2D eigenvalue weighted by Gasteiger charge is -2.31. The lowest BCUT2D eigenvalue weighted by atomic mass is 9.95. The van der Waals surface area contributed by atoms with Crippen molar-refractivity contribution in [2.75, 3.05) is 39.7 Å². The second kappa shape index (κ2) is 11.6. The maximum atomic E-state index is 5.89. The first-order valence-corrected chi connectivity index (χ1v) is 13.3. The van der Waals surface area contributed by atoms with Crippen molar-refractivity contribution < 1.29 is 18.6 Å². The van der Waals surface area contributed by atoms with Crippen LogP contribution < -0.4 is 4.74 Å². The van der Waals surface area contributed by atoms with Gasteiger partial charge in [-0.15, -0.1) is 10.2 Å². The van der Waals surface area contributed by atoms with E-state index in [0.29, 0.717) is 18.6 Å². The molecule has 188 valence electrons. The van der Waals surface area contributed by atoms with Crippen LogP contribution in [0.3, 0.4) is 0 Å². The summed E-state index contributed by atoms with van der Waals surface area (Å²) in [7, 11) is 3.38. The zero-order valence-corrected chi connectivity index (χ0v) is 21.3. The van der Waals surface area contributed by atoms with Crippen LogP contribution in [-0.2, 0) is 22.6 Å². The van der Waals surface area contributed by atoms with Gasteiger partial charge < -0.3 is 18.6 Å². The molecule has 0 spiro atoms. The van der Waals surface area contributed by atoms with E-state index in [0.717, 1.165) is 91.6 Å². The normalized spacial score (nSPS) is 19.4. The SMILES string of the molecule is COCc1ccc(CN2CCC(c3nnc(SC[C@@H]4CCCO4)n3-c3cccc(OC)c3)CC2)o1. The number of hydrogen-bond donors (Lipinski definition) is 0. The number of ether oxygens (including phenoxy) is 3. The molecule has 0 N–H and O–H groups in total. The number of benzene rings is 1. The van der Waals surface area contributed by atoms with Gasteiger partial charge in [0.1, 0.15) is 29.7 Å². The molecule has 4 heterocycles. The molecule has 2 aliphatic rings. The van der Waals surface area contributed by atoms with Gasteiger partial charge in [0.25, 0.3) is 0 Å². The lowest BCUT2D eigenvalue weighted by molar-refractivity contribution is 0.129. The Bertz CT molecular complexity index is 1090. The summed E-state index contributed by atoms with van der Waals surface area (Å²) < 4.78 is 24.6. The Morgan fingerprint density at radius 3 is 2.69 bits per heavy atom. The predicted octanol–water partition coefficient (Wildman–Crippen LogP) is 4.67. The van der Waals surface area contributed by atoms with Gasteiger partial charge in [-0.05, 0) is 63.0 Å². The van der Waals surface area contributed by atoms with Gasteiger partial charge in [0.15, 0.2) is 5.16 Å². The minimum absolute atomic E-state index is 0.299. The highest BCUT2D eigenvalue weighted by Crippen LogP contribution is 2.34. The zero-order chi connectivity index (χ0) is 24.0. The highest BCUT2D eigenvalue weighted by molar-refractivity contribution is 7.99.